The second kappa shape index (κ2) is 12.9. The average molecular weight is 607 g/mol. The van der Waals surface area contributed by atoms with E-state index in [-0.39, 0.29) is 18.1 Å². The van der Waals surface area contributed by atoms with E-state index in [4.69, 9.17) is 4.98 Å². The Morgan fingerprint density at radius 2 is 1.89 bits per heavy atom. The molecule has 45 heavy (non-hydrogen) atoms. The van der Waals surface area contributed by atoms with Crippen molar-refractivity contribution in [1.29, 1.82) is 5.26 Å². The number of pyridine rings is 1. The van der Waals surface area contributed by atoms with E-state index < -0.39 is 5.60 Å². The summed E-state index contributed by atoms with van der Waals surface area (Å²) in [6.07, 6.45) is 10.8. The first-order valence-electron chi connectivity index (χ1n) is 15.3. The molecule has 4 heterocycles. The number of nitriles is 1. The van der Waals surface area contributed by atoms with Crippen LogP contribution < -0.4 is 20.4 Å². The fourth-order valence-corrected chi connectivity index (χ4v) is 6.13. The first kappa shape index (κ1) is 30.0. The van der Waals surface area contributed by atoms with Crippen molar-refractivity contribution in [2.45, 2.75) is 63.3 Å². The van der Waals surface area contributed by atoms with Crippen LogP contribution in [0.2, 0.25) is 0 Å². The minimum absolute atomic E-state index is 0.0418. The van der Waals surface area contributed by atoms with Gasteiger partial charge in [-0.15, -0.1) is 0 Å². The molecule has 3 aromatic heterocycles. The third-order valence-corrected chi connectivity index (χ3v) is 8.57. The lowest BCUT2D eigenvalue weighted by atomic mass is 9.90. The number of carbonyl (C=O) groups is 1. The van der Waals surface area contributed by atoms with E-state index in [1.807, 2.05) is 60.6 Å². The van der Waals surface area contributed by atoms with Gasteiger partial charge in [0.15, 0.2) is 5.82 Å². The summed E-state index contributed by atoms with van der Waals surface area (Å²) in [5.74, 6) is 1.61. The van der Waals surface area contributed by atoms with E-state index in [9.17, 15) is 15.2 Å². The molecule has 1 aromatic carbocycles. The highest BCUT2D eigenvalue weighted by atomic mass is 16.3. The highest BCUT2D eigenvalue weighted by Gasteiger charge is 2.34. The van der Waals surface area contributed by atoms with Crippen LogP contribution in [-0.2, 0) is 13.6 Å². The predicted molar refractivity (Wildman–Crippen MR) is 171 cm³/mol. The molecule has 4 aromatic rings. The second-order valence-electron chi connectivity index (χ2n) is 12.2. The molecule has 2 amide bonds. The van der Waals surface area contributed by atoms with Gasteiger partial charge < -0.3 is 20.6 Å². The van der Waals surface area contributed by atoms with Gasteiger partial charge in [-0.3, -0.25) is 9.58 Å². The maximum absolute atomic E-state index is 13.7. The van der Waals surface area contributed by atoms with Crippen LogP contribution in [0.15, 0.2) is 67.3 Å². The summed E-state index contributed by atoms with van der Waals surface area (Å²) in [5.41, 5.74) is 2.51. The summed E-state index contributed by atoms with van der Waals surface area (Å²) in [6.45, 7) is 3.27. The van der Waals surface area contributed by atoms with Crippen LogP contribution in [0.3, 0.4) is 0 Å². The molecule has 2 fully saturated rings. The van der Waals surface area contributed by atoms with Gasteiger partial charge in [0.2, 0.25) is 5.95 Å². The Balaban J connectivity index is 1.15. The van der Waals surface area contributed by atoms with Crippen molar-refractivity contribution in [3.8, 4) is 17.2 Å². The number of nitrogens with zero attached hydrogens (tertiary/aromatic N) is 8. The van der Waals surface area contributed by atoms with Gasteiger partial charge in [-0.1, -0.05) is 30.3 Å². The molecule has 1 saturated heterocycles. The number of urea groups is 1. The van der Waals surface area contributed by atoms with Gasteiger partial charge in [0, 0.05) is 62.3 Å². The molecule has 1 aliphatic carbocycles. The number of aromatic nitrogens is 5. The molecule has 1 aliphatic heterocycles. The number of aryl methyl sites for hydroxylation is 1. The third-order valence-electron chi connectivity index (χ3n) is 8.57. The van der Waals surface area contributed by atoms with E-state index in [1.165, 1.54) is 0 Å². The summed E-state index contributed by atoms with van der Waals surface area (Å²) in [6, 6.07) is 15.8. The van der Waals surface area contributed by atoms with Crippen molar-refractivity contribution in [2.75, 3.05) is 28.2 Å². The Bertz CT molecular complexity index is 1660. The quantitative estimate of drug-likeness (QED) is 0.268. The average Bonchev–Trinajstić information content (AvgIpc) is 3.66. The summed E-state index contributed by atoms with van der Waals surface area (Å²) < 4.78 is 1.75. The Labute approximate surface area is 262 Å². The maximum Gasteiger partial charge on any atom is 0.323 e. The smallest absolute Gasteiger partial charge is 0.323 e. The lowest BCUT2D eigenvalue weighted by Gasteiger charge is -2.36. The van der Waals surface area contributed by atoms with Gasteiger partial charge in [-0.05, 0) is 56.7 Å². The van der Waals surface area contributed by atoms with Crippen LogP contribution >= 0.6 is 0 Å². The molecule has 1 unspecified atom stereocenters. The van der Waals surface area contributed by atoms with Crippen molar-refractivity contribution in [3.63, 3.8) is 0 Å². The van der Waals surface area contributed by atoms with Crippen LogP contribution in [0.5, 0.6) is 0 Å². The molecule has 1 saturated carbocycles. The van der Waals surface area contributed by atoms with Crippen LogP contribution in [0, 0.1) is 11.3 Å². The van der Waals surface area contributed by atoms with Crippen molar-refractivity contribution < 1.29 is 9.90 Å². The molecular weight excluding hydrogens is 568 g/mol. The summed E-state index contributed by atoms with van der Waals surface area (Å²) in [5, 5.41) is 30.9. The van der Waals surface area contributed by atoms with Gasteiger partial charge in [0.1, 0.15) is 17.5 Å². The number of nitrogens with one attached hydrogen (secondary N) is 2. The molecule has 3 N–H and O–H groups in total. The number of rotatable bonds is 8. The van der Waals surface area contributed by atoms with Crippen molar-refractivity contribution >= 4 is 23.6 Å². The fourth-order valence-electron chi connectivity index (χ4n) is 6.13. The second-order valence-corrected chi connectivity index (χ2v) is 12.2. The van der Waals surface area contributed by atoms with E-state index in [0.29, 0.717) is 49.2 Å². The van der Waals surface area contributed by atoms with Gasteiger partial charge in [0.25, 0.3) is 0 Å². The third kappa shape index (κ3) is 7.05. The van der Waals surface area contributed by atoms with Crippen LogP contribution in [0.4, 0.5) is 22.4 Å². The zero-order valence-electron chi connectivity index (χ0n) is 25.6. The van der Waals surface area contributed by atoms with Crippen molar-refractivity contribution in [1.82, 2.24) is 30.0 Å². The highest BCUT2D eigenvalue weighted by Crippen LogP contribution is 2.31. The normalized spacial score (nSPS) is 21.2. The van der Waals surface area contributed by atoms with Crippen LogP contribution in [0.25, 0.3) is 11.1 Å². The molecule has 0 bridgehead atoms. The molecule has 12 heteroatoms. The highest BCUT2D eigenvalue weighted by molar-refractivity contribution is 5.91. The Morgan fingerprint density at radius 3 is 2.53 bits per heavy atom. The van der Waals surface area contributed by atoms with Gasteiger partial charge >= 0.3 is 6.03 Å². The zero-order valence-corrected chi connectivity index (χ0v) is 25.6. The minimum atomic E-state index is -0.809. The lowest BCUT2D eigenvalue weighted by molar-refractivity contribution is 0.0839. The number of amides is 2. The van der Waals surface area contributed by atoms with E-state index in [2.05, 4.69) is 31.8 Å². The van der Waals surface area contributed by atoms with E-state index in [0.717, 1.165) is 42.4 Å². The number of β-amino-alcohol motifs (C(OH)–C–C–N with tert-alkyl or cyclic N) is 1. The Hall–Kier alpha value is -5.02. The van der Waals surface area contributed by atoms with E-state index in [1.54, 1.807) is 35.1 Å². The minimum Gasteiger partial charge on any atom is -0.388 e. The predicted octanol–water partition coefficient (Wildman–Crippen LogP) is 4.24. The summed E-state index contributed by atoms with van der Waals surface area (Å²) in [4.78, 5) is 31.2. The number of benzene rings is 1. The molecule has 6 rings (SSSR count). The zero-order chi connectivity index (χ0) is 31.4. The number of hydrogen-bond donors (Lipinski definition) is 3. The summed E-state index contributed by atoms with van der Waals surface area (Å²) in [7, 11) is 1.88. The fraction of sp³-hybridized carbons (Fsp3) is 0.394. The molecule has 0 spiro atoms. The SMILES string of the molecule is Cn1cc(-c2ccc(N(C(=O)NCc3ccccc3)C3CCC(Nc4ncc(C#N)c(N5CCC(C)(O)C5)n4)CC3)nc2)cn1. The lowest BCUT2D eigenvalue weighted by Crippen LogP contribution is -2.49. The molecule has 2 aliphatic rings. The Morgan fingerprint density at radius 1 is 1.09 bits per heavy atom. The molecule has 1 atom stereocenters. The number of aliphatic hydroxyl groups is 1. The molecular formula is C33H38N10O2. The summed E-state index contributed by atoms with van der Waals surface area (Å²) >= 11 is 0. The standard InChI is InChI=1S/C33H38N10O2/c1-33(45)14-15-42(22-33)30-25(16-34)19-36-31(40-30)39-27-9-11-28(12-10-27)43(32(44)37-17-23-6-4-3-5-7-23)29-13-8-24(18-35-29)26-20-38-41(2)21-26/h3-8,13,18-21,27-28,45H,9-12,14-15,17,22H2,1-2H3,(H,37,44)(H,36,39,40). The maximum atomic E-state index is 13.7. The number of anilines is 3. The van der Waals surface area contributed by atoms with Crippen LogP contribution in [-0.4, -0.2) is 66.6 Å². The topological polar surface area (TPSA) is 148 Å². The molecule has 0 radical (unpaired) electrons. The van der Waals surface area contributed by atoms with Crippen molar-refractivity contribution in [2.24, 2.45) is 7.05 Å². The number of carbonyl (C=O) groups excluding carboxylic acids is 1. The van der Waals surface area contributed by atoms with E-state index >= 15 is 0 Å². The number of hydrogen-bond acceptors (Lipinski definition) is 9. The van der Waals surface area contributed by atoms with Crippen molar-refractivity contribution in [3.05, 3.63) is 78.4 Å². The van der Waals surface area contributed by atoms with Gasteiger partial charge in [0.05, 0.1) is 18.0 Å². The first-order chi connectivity index (χ1) is 21.8. The largest absolute Gasteiger partial charge is 0.388 e. The Kier molecular flexibility index (Phi) is 8.62. The monoisotopic (exact) mass is 606 g/mol. The van der Waals surface area contributed by atoms with Gasteiger partial charge in [-0.2, -0.15) is 15.3 Å². The molecule has 12 nitrogen and oxygen atoms in total. The molecule has 232 valence electrons. The van der Waals surface area contributed by atoms with Crippen LogP contribution in [0.1, 0.15) is 50.2 Å². The van der Waals surface area contributed by atoms with Gasteiger partial charge in [-0.25, -0.2) is 14.8 Å². The first-order valence-corrected chi connectivity index (χ1v) is 15.3.